The summed E-state index contributed by atoms with van der Waals surface area (Å²) in [5.41, 5.74) is -0.724. The maximum absolute atomic E-state index is 12.5. The van der Waals surface area contributed by atoms with Crippen LogP contribution in [0.5, 0.6) is 0 Å². The van der Waals surface area contributed by atoms with Gasteiger partial charge in [0.1, 0.15) is 5.54 Å². The Bertz CT molecular complexity index is 346. The van der Waals surface area contributed by atoms with Gasteiger partial charge in [-0.15, -0.1) is 0 Å². The molecule has 0 aromatic heterocycles. The molecule has 2 atom stereocenters. The SMILES string of the molecule is CC1CCC(C(=O)N2CCNC(=O)C2(C)C)CN1. The molecule has 2 heterocycles. The van der Waals surface area contributed by atoms with Crippen LogP contribution in [-0.2, 0) is 9.59 Å². The number of carbonyl (C=O) groups excluding carboxylic acids is 2. The largest absolute Gasteiger partial charge is 0.352 e. The van der Waals surface area contributed by atoms with Gasteiger partial charge in [-0.1, -0.05) is 0 Å². The third-order valence-corrected chi connectivity index (χ3v) is 4.13. The highest BCUT2D eigenvalue weighted by Crippen LogP contribution is 2.24. The average Bonchev–Trinajstić information content (AvgIpc) is 2.33. The van der Waals surface area contributed by atoms with Gasteiger partial charge in [0.05, 0.1) is 5.92 Å². The number of piperazine rings is 1. The third-order valence-electron chi connectivity index (χ3n) is 4.13. The minimum absolute atomic E-state index is 0.0198. The molecule has 0 radical (unpaired) electrons. The summed E-state index contributed by atoms with van der Waals surface area (Å²) in [4.78, 5) is 26.1. The molecule has 0 aromatic rings. The van der Waals surface area contributed by atoms with Crippen molar-refractivity contribution in [3.63, 3.8) is 0 Å². The Kier molecular flexibility index (Phi) is 3.61. The lowest BCUT2D eigenvalue weighted by atomic mass is 9.91. The van der Waals surface area contributed by atoms with Gasteiger partial charge in [-0.2, -0.15) is 0 Å². The van der Waals surface area contributed by atoms with Gasteiger partial charge >= 0.3 is 0 Å². The Morgan fingerprint density at radius 3 is 2.72 bits per heavy atom. The molecule has 5 nitrogen and oxygen atoms in total. The first-order valence-corrected chi connectivity index (χ1v) is 6.76. The van der Waals surface area contributed by atoms with Gasteiger partial charge < -0.3 is 15.5 Å². The molecular formula is C13H23N3O2. The molecule has 0 saturated carbocycles. The van der Waals surface area contributed by atoms with Crippen molar-refractivity contribution in [2.45, 2.75) is 45.2 Å². The van der Waals surface area contributed by atoms with Crippen LogP contribution in [0.4, 0.5) is 0 Å². The quantitative estimate of drug-likeness (QED) is 0.697. The fourth-order valence-electron chi connectivity index (χ4n) is 2.72. The van der Waals surface area contributed by atoms with Crippen molar-refractivity contribution in [3.8, 4) is 0 Å². The monoisotopic (exact) mass is 253 g/mol. The Hall–Kier alpha value is -1.10. The Labute approximate surface area is 108 Å². The Balaban J connectivity index is 2.06. The molecule has 2 aliphatic heterocycles. The van der Waals surface area contributed by atoms with E-state index in [0.717, 1.165) is 19.4 Å². The van der Waals surface area contributed by atoms with Crippen molar-refractivity contribution in [1.82, 2.24) is 15.5 Å². The predicted octanol–water partition coefficient (Wildman–Crippen LogP) is 0.112. The molecule has 2 unspecified atom stereocenters. The van der Waals surface area contributed by atoms with Crippen molar-refractivity contribution >= 4 is 11.8 Å². The van der Waals surface area contributed by atoms with E-state index >= 15 is 0 Å². The minimum atomic E-state index is -0.724. The van der Waals surface area contributed by atoms with E-state index in [4.69, 9.17) is 0 Å². The number of rotatable bonds is 1. The summed E-state index contributed by atoms with van der Waals surface area (Å²) < 4.78 is 0. The molecule has 2 aliphatic rings. The zero-order valence-electron chi connectivity index (χ0n) is 11.5. The zero-order chi connectivity index (χ0) is 13.3. The van der Waals surface area contributed by atoms with E-state index in [1.54, 1.807) is 4.90 Å². The summed E-state index contributed by atoms with van der Waals surface area (Å²) in [6, 6.07) is 0.492. The lowest BCUT2D eigenvalue weighted by Crippen LogP contribution is -2.65. The fourth-order valence-corrected chi connectivity index (χ4v) is 2.72. The second kappa shape index (κ2) is 4.88. The van der Waals surface area contributed by atoms with Gasteiger partial charge in [-0.05, 0) is 33.6 Å². The lowest BCUT2D eigenvalue weighted by molar-refractivity contribution is -0.152. The van der Waals surface area contributed by atoms with Gasteiger partial charge in [0, 0.05) is 25.7 Å². The summed E-state index contributed by atoms with van der Waals surface area (Å²) in [7, 11) is 0. The molecule has 18 heavy (non-hydrogen) atoms. The first-order valence-electron chi connectivity index (χ1n) is 6.76. The van der Waals surface area contributed by atoms with E-state index in [1.165, 1.54) is 0 Å². The summed E-state index contributed by atoms with van der Waals surface area (Å²) in [5.74, 6) is 0.0832. The second-order valence-corrected chi connectivity index (χ2v) is 5.89. The predicted molar refractivity (Wildman–Crippen MR) is 69.0 cm³/mol. The van der Waals surface area contributed by atoms with Crippen LogP contribution in [-0.4, -0.2) is 47.9 Å². The molecule has 0 bridgehead atoms. The van der Waals surface area contributed by atoms with Crippen LogP contribution in [0.2, 0.25) is 0 Å². The van der Waals surface area contributed by atoms with Crippen molar-refractivity contribution in [2.75, 3.05) is 19.6 Å². The Morgan fingerprint density at radius 1 is 1.39 bits per heavy atom. The molecule has 2 N–H and O–H groups in total. The molecule has 2 amide bonds. The zero-order valence-corrected chi connectivity index (χ0v) is 11.5. The number of hydrogen-bond acceptors (Lipinski definition) is 3. The van der Waals surface area contributed by atoms with Gasteiger partial charge in [0.15, 0.2) is 0 Å². The Morgan fingerprint density at radius 2 is 2.11 bits per heavy atom. The number of nitrogens with one attached hydrogen (secondary N) is 2. The lowest BCUT2D eigenvalue weighted by Gasteiger charge is -2.43. The van der Waals surface area contributed by atoms with Crippen LogP contribution in [0.25, 0.3) is 0 Å². The van der Waals surface area contributed by atoms with Gasteiger partial charge in [-0.3, -0.25) is 9.59 Å². The number of carbonyl (C=O) groups is 2. The first-order chi connectivity index (χ1) is 8.43. The van der Waals surface area contributed by atoms with Crippen LogP contribution < -0.4 is 10.6 Å². The van der Waals surface area contributed by atoms with E-state index in [2.05, 4.69) is 17.6 Å². The van der Waals surface area contributed by atoms with Crippen LogP contribution >= 0.6 is 0 Å². The van der Waals surface area contributed by atoms with Crippen LogP contribution in [0.3, 0.4) is 0 Å². The minimum Gasteiger partial charge on any atom is -0.352 e. The third kappa shape index (κ3) is 2.36. The van der Waals surface area contributed by atoms with Crippen LogP contribution in [0.1, 0.15) is 33.6 Å². The second-order valence-electron chi connectivity index (χ2n) is 5.89. The number of amides is 2. The molecule has 0 aromatic carbocycles. The van der Waals surface area contributed by atoms with E-state index in [0.29, 0.717) is 19.1 Å². The number of nitrogens with zero attached hydrogens (tertiary/aromatic N) is 1. The van der Waals surface area contributed by atoms with Crippen LogP contribution in [0.15, 0.2) is 0 Å². The van der Waals surface area contributed by atoms with Gasteiger partial charge in [-0.25, -0.2) is 0 Å². The number of hydrogen-bond donors (Lipinski definition) is 2. The maximum atomic E-state index is 12.5. The molecule has 2 rings (SSSR count). The normalized spacial score (nSPS) is 31.9. The topological polar surface area (TPSA) is 61.4 Å². The molecule has 0 aliphatic carbocycles. The van der Waals surface area contributed by atoms with E-state index in [9.17, 15) is 9.59 Å². The highest BCUT2D eigenvalue weighted by molar-refractivity contribution is 5.92. The van der Waals surface area contributed by atoms with E-state index < -0.39 is 5.54 Å². The van der Waals surface area contributed by atoms with E-state index in [1.807, 2.05) is 13.8 Å². The van der Waals surface area contributed by atoms with Crippen molar-refractivity contribution in [1.29, 1.82) is 0 Å². The highest BCUT2D eigenvalue weighted by Gasteiger charge is 2.42. The van der Waals surface area contributed by atoms with Gasteiger partial charge in [0.2, 0.25) is 11.8 Å². The van der Waals surface area contributed by atoms with Gasteiger partial charge in [0.25, 0.3) is 0 Å². The standard InChI is InChI=1S/C13H23N3O2/c1-9-4-5-10(8-15-9)11(17)16-7-6-14-12(18)13(16,2)3/h9-10,15H,4-8H2,1-3H3,(H,14,18). The summed E-state index contributed by atoms with van der Waals surface area (Å²) in [5, 5.41) is 6.16. The average molecular weight is 253 g/mol. The van der Waals surface area contributed by atoms with E-state index in [-0.39, 0.29) is 17.7 Å². The molecule has 2 fully saturated rings. The maximum Gasteiger partial charge on any atom is 0.245 e. The van der Waals surface area contributed by atoms with Crippen LogP contribution in [0, 0.1) is 5.92 Å². The fraction of sp³-hybridized carbons (Fsp3) is 0.846. The molecule has 102 valence electrons. The first kappa shape index (κ1) is 13.3. The molecule has 2 saturated heterocycles. The summed E-state index contributed by atoms with van der Waals surface area (Å²) in [6.07, 6.45) is 1.94. The molecular weight excluding hydrogens is 230 g/mol. The summed E-state index contributed by atoms with van der Waals surface area (Å²) >= 11 is 0. The molecule has 5 heteroatoms. The molecule has 0 spiro atoms. The summed E-state index contributed by atoms with van der Waals surface area (Å²) in [6.45, 7) is 7.68. The smallest absolute Gasteiger partial charge is 0.245 e. The van der Waals surface area contributed by atoms with Crippen molar-refractivity contribution in [3.05, 3.63) is 0 Å². The number of piperidine rings is 1. The highest BCUT2D eigenvalue weighted by atomic mass is 16.2. The van der Waals surface area contributed by atoms with Crippen molar-refractivity contribution in [2.24, 2.45) is 5.92 Å². The van der Waals surface area contributed by atoms with Crippen molar-refractivity contribution < 1.29 is 9.59 Å².